The van der Waals surface area contributed by atoms with Gasteiger partial charge in [-0.3, -0.25) is 4.98 Å². The van der Waals surface area contributed by atoms with E-state index in [1.54, 1.807) is 6.20 Å². The van der Waals surface area contributed by atoms with Crippen molar-refractivity contribution in [2.75, 3.05) is 0 Å². The molecule has 3 rings (SSSR count). The molecule has 78 valence electrons. The Labute approximate surface area is 98.1 Å². The molecular weight excluding hydrogens is 220 g/mol. The Hall–Kier alpha value is -1.80. The zero-order valence-electron chi connectivity index (χ0n) is 8.47. The Morgan fingerprint density at radius 1 is 1.00 bits per heavy atom. The number of halogens is 1. The van der Waals surface area contributed by atoms with Gasteiger partial charge in [-0.25, -0.2) is 0 Å². The van der Waals surface area contributed by atoms with Gasteiger partial charge in [0.25, 0.3) is 0 Å². The molecule has 2 heterocycles. The fourth-order valence-electron chi connectivity index (χ4n) is 1.81. The summed E-state index contributed by atoms with van der Waals surface area (Å²) in [6.45, 7) is 0. The number of rotatable bonds is 1. The van der Waals surface area contributed by atoms with E-state index in [9.17, 15) is 0 Å². The van der Waals surface area contributed by atoms with Crippen molar-refractivity contribution in [1.29, 1.82) is 0 Å². The molecule has 0 spiro atoms. The zero-order valence-corrected chi connectivity index (χ0v) is 9.22. The highest BCUT2D eigenvalue weighted by Crippen LogP contribution is 2.20. The normalized spacial score (nSPS) is 10.8. The molecule has 0 atom stereocenters. The number of aromatic nitrogens is 2. The van der Waals surface area contributed by atoms with Gasteiger partial charge < -0.3 is 4.57 Å². The molecular formula is C13H9ClN2. The SMILES string of the molecule is Clc1ccc(-n2ccc3cnccc32)cc1. The maximum atomic E-state index is 5.87. The highest BCUT2D eigenvalue weighted by Gasteiger charge is 2.01. The van der Waals surface area contributed by atoms with Crippen molar-refractivity contribution in [3.8, 4) is 5.69 Å². The lowest BCUT2D eigenvalue weighted by atomic mass is 10.3. The van der Waals surface area contributed by atoms with Gasteiger partial charge in [0.2, 0.25) is 0 Å². The molecule has 16 heavy (non-hydrogen) atoms. The fourth-order valence-corrected chi connectivity index (χ4v) is 1.94. The summed E-state index contributed by atoms with van der Waals surface area (Å²) in [6.07, 6.45) is 5.70. The van der Waals surface area contributed by atoms with Crippen molar-refractivity contribution in [2.24, 2.45) is 0 Å². The smallest absolute Gasteiger partial charge is 0.0559 e. The Morgan fingerprint density at radius 2 is 1.81 bits per heavy atom. The van der Waals surface area contributed by atoms with Crippen LogP contribution in [0.5, 0.6) is 0 Å². The maximum absolute atomic E-state index is 5.87. The molecule has 0 unspecified atom stereocenters. The van der Waals surface area contributed by atoms with Crippen molar-refractivity contribution < 1.29 is 0 Å². The summed E-state index contributed by atoms with van der Waals surface area (Å²) in [4.78, 5) is 4.10. The van der Waals surface area contributed by atoms with Crippen LogP contribution in [0.15, 0.2) is 55.0 Å². The molecule has 1 aromatic carbocycles. The first-order valence-corrected chi connectivity index (χ1v) is 5.39. The van der Waals surface area contributed by atoms with Gasteiger partial charge in [0.1, 0.15) is 0 Å². The van der Waals surface area contributed by atoms with Crippen LogP contribution in [0.2, 0.25) is 5.02 Å². The van der Waals surface area contributed by atoms with Crippen LogP contribution in [0, 0.1) is 0 Å². The molecule has 0 N–H and O–H groups in total. The van der Waals surface area contributed by atoms with E-state index in [4.69, 9.17) is 11.6 Å². The van der Waals surface area contributed by atoms with E-state index in [-0.39, 0.29) is 0 Å². The molecule has 0 saturated heterocycles. The first-order valence-electron chi connectivity index (χ1n) is 5.01. The van der Waals surface area contributed by atoms with E-state index in [1.807, 2.05) is 42.7 Å². The molecule has 0 aliphatic rings. The quantitative estimate of drug-likeness (QED) is 0.621. The lowest BCUT2D eigenvalue weighted by Gasteiger charge is -2.04. The number of benzene rings is 1. The highest BCUT2D eigenvalue weighted by molar-refractivity contribution is 6.30. The van der Waals surface area contributed by atoms with Crippen molar-refractivity contribution >= 4 is 22.5 Å². The second-order valence-corrected chi connectivity index (χ2v) is 4.03. The summed E-state index contributed by atoms with van der Waals surface area (Å²) in [5.41, 5.74) is 2.25. The van der Waals surface area contributed by atoms with Crippen LogP contribution in [-0.4, -0.2) is 9.55 Å². The van der Waals surface area contributed by atoms with Crippen LogP contribution < -0.4 is 0 Å². The Bertz CT molecular complexity index is 626. The number of pyridine rings is 1. The molecule has 0 fully saturated rings. The van der Waals surface area contributed by atoms with E-state index in [0.717, 1.165) is 21.6 Å². The van der Waals surface area contributed by atoms with Gasteiger partial charge in [0, 0.05) is 34.7 Å². The lowest BCUT2D eigenvalue weighted by Crippen LogP contribution is -1.90. The van der Waals surface area contributed by atoms with Crippen molar-refractivity contribution in [3.63, 3.8) is 0 Å². The Morgan fingerprint density at radius 3 is 2.62 bits per heavy atom. The van der Waals surface area contributed by atoms with Crippen molar-refractivity contribution in [2.45, 2.75) is 0 Å². The number of hydrogen-bond donors (Lipinski definition) is 0. The van der Waals surface area contributed by atoms with Crippen molar-refractivity contribution in [3.05, 3.63) is 60.0 Å². The largest absolute Gasteiger partial charge is 0.316 e. The van der Waals surface area contributed by atoms with Crippen LogP contribution in [0.4, 0.5) is 0 Å². The molecule has 2 nitrogen and oxygen atoms in total. The molecule has 0 amide bonds. The third-order valence-electron chi connectivity index (χ3n) is 2.60. The molecule has 2 aromatic heterocycles. The first kappa shape index (κ1) is 9.43. The monoisotopic (exact) mass is 228 g/mol. The number of fused-ring (bicyclic) bond motifs is 1. The van der Waals surface area contributed by atoms with Crippen LogP contribution in [-0.2, 0) is 0 Å². The minimum absolute atomic E-state index is 0.752. The standard InChI is InChI=1S/C13H9ClN2/c14-11-1-3-12(4-2-11)16-8-6-10-9-15-7-5-13(10)16/h1-9H. The van der Waals surface area contributed by atoms with Crippen molar-refractivity contribution in [1.82, 2.24) is 9.55 Å². The summed E-state index contributed by atoms with van der Waals surface area (Å²) in [5.74, 6) is 0. The van der Waals surface area contributed by atoms with E-state index < -0.39 is 0 Å². The van der Waals surface area contributed by atoms with Crippen LogP contribution in [0.25, 0.3) is 16.6 Å². The predicted molar refractivity (Wildman–Crippen MR) is 66.1 cm³/mol. The second-order valence-electron chi connectivity index (χ2n) is 3.60. The summed E-state index contributed by atoms with van der Waals surface area (Å²) in [7, 11) is 0. The zero-order chi connectivity index (χ0) is 11.0. The molecule has 0 bridgehead atoms. The van der Waals surface area contributed by atoms with Gasteiger partial charge in [0.15, 0.2) is 0 Å². The summed E-state index contributed by atoms with van der Waals surface area (Å²) in [5, 5.41) is 1.89. The van der Waals surface area contributed by atoms with Gasteiger partial charge in [-0.05, 0) is 36.4 Å². The lowest BCUT2D eigenvalue weighted by molar-refractivity contribution is 1.12. The summed E-state index contributed by atoms with van der Waals surface area (Å²) >= 11 is 5.87. The summed E-state index contributed by atoms with van der Waals surface area (Å²) < 4.78 is 2.12. The van der Waals surface area contributed by atoms with Gasteiger partial charge in [-0.15, -0.1) is 0 Å². The molecule has 0 aliphatic heterocycles. The average molecular weight is 229 g/mol. The van der Waals surface area contributed by atoms with E-state index in [0.29, 0.717) is 0 Å². The molecule has 0 radical (unpaired) electrons. The van der Waals surface area contributed by atoms with Gasteiger partial charge in [0.05, 0.1) is 5.52 Å². The molecule has 0 saturated carbocycles. The van der Waals surface area contributed by atoms with E-state index in [2.05, 4.69) is 15.6 Å². The average Bonchev–Trinajstić information content (AvgIpc) is 2.74. The minimum Gasteiger partial charge on any atom is -0.316 e. The third kappa shape index (κ3) is 1.48. The van der Waals surface area contributed by atoms with Crippen LogP contribution >= 0.6 is 11.6 Å². The minimum atomic E-state index is 0.752. The highest BCUT2D eigenvalue weighted by atomic mass is 35.5. The topological polar surface area (TPSA) is 17.8 Å². The maximum Gasteiger partial charge on any atom is 0.0559 e. The molecule has 3 aromatic rings. The number of hydrogen-bond acceptors (Lipinski definition) is 1. The van der Waals surface area contributed by atoms with Crippen LogP contribution in [0.1, 0.15) is 0 Å². The summed E-state index contributed by atoms with van der Waals surface area (Å²) in [6, 6.07) is 11.8. The van der Waals surface area contributed by atoms with Gasteiger partial charge >= 0.3 is 0 Å². The van der Waals surface area contributed by atoms with Crippen LogP contribution in [0.3, 0.4) is 0 Å². The Balaban J connectivity index is 2.22. The van der Waals surface area contributed by atoms with E-state index in [1.165, 1.54) is 0 Å². The van der Waals surface area contributed by atoms with Gasteiger partial charge in [-0.1, -0.05) is 11.6 Å². The third-order valence-corrected chi connectivity index (χ3v) is 2.85. The predicted octanol–water partition coefficient (Wildman–Crippen LogP) is 3.68. The van der Waals surface area contributed by atoms with E-state index >= 15 is 0 Å². The second kappa shape index (κ2) is 3.65. The molecule has 0 aliphatic carbocycles. The fraction of sp³-hybridized carbons (Fsp3) is 0. The van der Waals surface area contributed by atoms with Gasteiger partial charge in [-0.2, -0.15) is 0 Å². The molecule has 3 heteroatoms. The Kier molecular flexibility index (Phi) is 2.15. The first-order chi connectivity index (χ1) is 7.84. The number of nitrogens with zero attached hydrogens (tertiary/aromatic N) is 2.